The topological polar surface area (TPSA) is 56.5 Å². The Hall–Kier alpha value is -1.62. The monoisotopic (exact) mass is 296 g/mol. The van der Waals surface area contributed by atoms with Crippen LogP contribution in [0.4, 0.5) is 0 Å². The summed E-state index contributed by atoms with van der Waals surface area (Å²) in [5, 5.41) is 0.688. The van der Waals surface area contributed by atoms with Gasteiger partial charge in [-0.3, -0.25) is 9.59 Å². The van der Waals surface area contributed by atoms with Crippen LogP contribution < -0.4 is 0 Å². The van der Waals surface area contributed by atoms with Crippen molar-refractivity contribution in [1.82, 2.24) is 0 Å². The van der Waals surface area contributed by atoms with Crippen LogP contribution in [0.3, 0.4) is 0 Å². The van der Waals surface area contributed by atoms with Crippen molar-refractivity contribution in [3.05, 3.63) is 34.0 Å². The Kier molecular flexibility index (Phi) is 3.28. The molecule has 0 radical (unpaired) electrons. The molecule has 0 aliphatic heterocycles. The van der Waals surface area contributed by atoms with Crippen molar-refractivity contribution < 1.29 is 18.7 Å². The number of methoxy groups -OCH3 is 1. The lowest BCUT2D eigenvalue weighted by molar-refractivity contribution is -0.140. The van der Waals surface area contributed by atoms with Crippen molar-refractivity contribution in [1.29, 1.82) is 0 Å². The molecule has 0 aliphatic carbocycles. The molecule has 1 aromatic heterocycles. The van der Waals surface area contributed by atoms with Gasteiger partial charge in [-0.05, 0) is 18.2 Å². The van der Waals surface area contributed by atoms with Gasteiger partial charge >= 0.3 is 5.97 Å². The third kappa shape index (κ3) is 2.24. The smallest absolute Gasteiger partial charge is 0.313 e. The summed E-state index contributed by atoms with van der Waals surface area (Å²) < 4.78 is 10.9. The van der Waals surface area contributed by atoms with E-state index in [9.17, 15) is 9.59 Å². The third-order valence-electron chi connectivity index (χ3n) is 2.42. The molecule has 0 saturated heterocycles. The molecule has 0 N–H and O–H groups in total. The van der Waals surface area contributed by atoms with Gasteiger partial charge < -0.3 is 9.15 Å². The number of aldehydes is 1. The highest BCUT2D eigenvalue weighted by Gasteiger charge is 2.16. The lowest BCUT2D eigenvalue weighted by Gasteiger charge is -1.95. The molecule has 0 fully saturated rings. The maximum Gasteiger partial charge on any atom is 0.313 e. The van der Waals surface area contributed by atoms with Gasteiger partial charge in [-0.1, -0.05) is 15.9 Å². The van der Waals surface area contributed by atoms with E-state index in [4.69, 9.17) is 4.42 Å². The summed E-state index contributed by atoms with van der Waals surface area (Å²) in [5.74, 6) is -0.105. The Morgan fingerprint density at radius 3 is 2.94 bits per heavy atom. The van der Waals surface area contributed by atoms with Gasteiger partial charge in [0.15, 0.2) is 6.29 Å². The van der Waals surface area contributed by atoms with E-state index in [0.717, 1.165) is 4.47 Å². The lowest BCUT2D eigenvalue weighted by atomic mass is 10.1. The lowest BCUT2D eigenvalue weighted by Crippen LogP contribution is -2.05. The number of esters is 1. The second kappa shape index (κ2) is 4.71. The van der Waals surface area contributed by atoms with Gasteiger partial charge in [-0.2, -0.15) is 0 Å². The molecule has 2 rings (SSSR count). The van der Waals surface area contributed by atoms with Crippen molar-refractivity contribution in [3.63, 3.8) is 0 Å². The van der Waals surface area contributed by atoms with Crippen LogP contribution in [0.25, 0.3) is 11.0 Å². The van der Waals surface area contributed by atoms with Crippen LogP contribution in [0.2, 0.25) is 0 Å². The van der Waals surface area contributed by atoms with Crippen molar-refractivity contribution in [3.8, 4) is 0 Å². The SMILES string of the molecule is COC(=O)Cc1oc2ccc(Br)cc2c1C=O. The molecule has 0 bridgehead atoms. The molecule has 0 aliphatic rings. The van der Waals surface area contributed by atoms with Crippen LogP contribution in [0, 0.1) is 0 Å². The summed E-state index contributed by atoms with van der Waals surface area (Å²) in [5.41, 5.74) is 0.973. The molecule has 2 aromatic rings. The highest BCUT2D eigenvalue weighted by atomic mass is 79.9. The van der Waals surface area contributed by atoms with Gasteiger partial charge in [0, 0.05) is 9.86 Å². The molecule has 4 nitrogen and oxygen atoms in total. The first-order valence-electron chi connectivity index (χ1n) is 4.88. The Bertz CT molecular complexity index is 585. The number of benzene rings is 1. The fraction of sp³-hybridized carbons (Fsp3) is 0.167. The Balaban J connectivity index is 2.56. The van der Waals surface area contributed by atoms with Crippen LogP contribution in [-0.4, -0.2) is 19.4 Å². The summed E-state index contributed by atoms with van der Waals surface area (Å²) in [7, 11) is 1.29. The van der Waals surface area contributed by atoms with Crippen molar-refractivity contribution in [2.45, 2.75) is 6.42 Å². The van der Waals surface area contributed by atoms with E-state index in [1.165, 1.54) is 7.11 Å². The summed E-state index contributed by atoms with van der Waals surface area (Å²) >= 11 is 3.32. The minimum Gasteiger partial charge on any atom is -0.469 e. The fourth-order valence-corrected chi connectivity index (χ4v) is 1.96. The zero-order chi connectivity index (χ0) is 12.4. The first-order valence-corrected chi connectivity index (χ1v) is 5.68. The van der Waals surface area contributed by atoms with E-state index < -0.39 is 5.97 Å². The molecule has 0 unspecified atom stereocenters. The quantitative estimate of drug-likeness (QED) is 0.645. The minimum atomic E-state index is -0.439. The van der Waals surface area contributed by atoms with E-state index in [1.807, 2.05) is 6.07 Å². The summed E-state index contributed by atoms with van der Waals surface area (Å²) in [6, 6.07) is 5.33. The molecule has 17 heavy (non-hydrogen) atoms. The molecule has 0 spiro atoms. The fourth-order valence-electron chi connectivity index (χ4n) is 1.60. The highest BCUT2D eigenvalue weighted by Crippen LogP contribution is 2.28. The maximum atomic E-state index is 11.2. The van der Waals surface area contributed by atoms with Gasteiger partial charge in [0.05, 0.1) is 12.7 Å². The number of hydrogen-bond donors (Lipinski definition) is 0. The number of rotatable bonds is 3. The zero-order valence-corrected chi connectivity index (χ0v) is 10.6. The van der Waals surface area contributed by atoms with Gasteiger partial charge in [0.25, 0.3) is 0 Å². The second-order valence-electron chi connectivity index (χ2n) is 3.45. The van der Waals surface area contributed by atoms with E-state index in [-0.39, 0.29) is 6.42 Å². The van der Waals surface area contributed by atoms with Crippen LogP contribution >= 0.6 is 15.9 Å². The van der Waals surface area contributed by atoms with Crippen LogP contribution in [0.1, 0.15) is 16.1 Å². The summed E-state index contributed by atoms with van der Waals surface area (Å²) in [6.45, 7) is 0. The first kappa shape index (κ1) is 11.9. The minimum absolute atomic E-state index is 0.0448. The van der Waals surface area contributed by atoms with E-state index in [2.05, 4.69) is 20.7 Å². The number of carbonyl (C=O) groups excluding carboxylic acids is 2. The maximum absolute atomic E-state index is 11.2. The number of halogens is 1. The van der Waals surface area contributed by atoms with Crippen molar-refractivity contribution in [2.75, 3.05) is 7.11 Å². The Morgan fingerprint density at radius 1 is 1.53 bits per heavy atom. The van der Waals surface area contributed by atoms with Crippen molar-refractivity contribution in [2.24, 2.45) is 0 Å². The number of hydrogen-bond acceptors (Lipinski definition) is 4. The third-order valence-corrected chi connectivity index (χ3v) is 2.91. The summed E-state index contributed by atoms with van der Waals surface area (Å²) in [6.07, 6.45) is 0.646. The Labute approximate surface area is 106 Å². The number of fused-ring (bicyclic) bond motifs is 1. The highest BCUT2D eigenvalue weighted by molar-refractivity contribution is 9.10. The van der Waals surface area contributed by atoms with Crippen molar-refractivity contribution >= 4 is 39.2 Å². The zero-order valence-electron chi connectivity index (χ0n) is 9.03. The molecular formula is C12H9BrO4. The predicted octanol–water partition coefficient (Wildman–Crippen LogP) is 2.72. The van der Waals surface area contributed by atoms with Crippen LogP contribution in [0.5, 0.6) is 0 Å². The van der Waals surface area contributed by atoms with Gasteiger partial charge in [-0.25, -0.2) is 0 Å². The molecule has 0 amide bonds. The number of carbonyl (C=O) groups is 2. The van der Waals surface area contributed by atoms with Gasteiger partial charge in [0.1, 0.15) is 17.8 Å². The van der Waals surface area contributed by atoms with E-state index in [1.54, 1.807) is 12.1 Å². The van der Waals surface area contributed by atoms with Crippen LogP contribution in [0.15, 0.2) is 27.1 Å². The average molecular weight is 297 g/mol. The molecule has 1 aromatic carbocycles. The normalized spacial score (nSPS) is 10.5. The largest absolute Gasteiger partial charge is 0.469 e. The number of ether oxygens (including phenoxy) is 1. The average Bonchev–Trinajstić information content (AvgIpc) is 2.65. The molecule has 0 saturated carbocycles. The van der Waals surface area contributed by atoms with E-state index in [0.29, 0.717) is 28.6 Å². The second-order valence-corrected chi connectivity index (χ2v) is 4.37. The molecule has 5 heteroatoms. The standard InChI is InChI=1S/C12H9BrO4/c1-16-12(15)5-11-9(6-14)8-4-7(13)2-3-10(8)17-11/h2-4,6H,5H2,1H3. The summed E-state index contributed by atoms with van der Waals surface area (Å²) in [4.78, 5) is 22.2. The molecule has 88 valence electrons. The number of furan rings is 1. The van der Waals surface area contributed by atoms with E-state index >= 15 is 0 Å². The van der Waals surface area contributed by atoms with Gasteiger partial charge in [-0.15, -0.1) is 0 Å². The van der Waals surface area contributed by atoms with Crippen LogP contribution in [-0.2, 0) is 16.0 Å². The molecule has 0 atom stereocenters. The Morgan fingerprint density at radius 2 is 2.29 bits per heavy atom. The van der Waals surface area contributed by atoms with Gasteiger partial charge in [0.2, 0.25) is 0 Å². The predicted molar refractivity (Wildman–Crippen MR) is 65.0 cm³/mol. The molecular weight excluding hydrogens is 288 g/mol. The first-order chi connectivity index (χ1) is 8.15. The molecule has 1 heterocycles.